The first-order chi connectivity index (χ1) is 9.54. The highest BCUT2D eigenvalue weighted by Gasteiger charge is 2.26. The molecule has 1 aliphatic heterocycles. The molecule has 20 heavy (non-hydrogen) atoms. The Morgan fingerprint density at radius 2 is 2.15 bits per heavy atom. The number of nitro groups is 1. The van der Waals surface area contributed by atoms with E-state index in [1.807, 2.05) is 0 Å². The first-order valence-corrected chi connectivity index (χ1v) is 6.56. The van der Waals surface area contributed by atoms with Gasteiger partial charge in [0.15, 0.2) is 5.75 Å². The predicted octanol–water partition coefficient (Wildman–Crippen LogP) is 1.31. The van der Waals surface area contributed by atoms with Crippen LogP contribution in [0, 0.1) is 16.0 Å². The molecule has 0 aliphatic carbocycles. The minimum absolute atomic E-state index is 0.0820. The van der Waals surface area contributed by atoms with Crippen molar-refractivity contribution in [3.05, 3.63) is 27.8 Å². The molecule has 0 aromatic heterocycles. The van der Waals surface area contributed by atoms with Crippen molar-refractivity contribution >= 4 is 5.69 Å². The summed E-state index contributed by atoms with van der Waals surface area (Å²) in [6, 6.07) is 2.62. The van der Waals surface area contributed by atoms with Gasteiger partial charge in [0, 0.05) is 12.1 Å². The zero-order chi connectivity index (χ0) is 14.7. The molecule has 1 aliphatic rings. The molecular weight excluding hydrogens is 262 g/mol. The zero-order valence-electron chi connectivity index (χ0n) is 11.3. The average molecular weight is 281 g/mol. The van der Waals surface area contributed by atoms with Crippen molar-refractivity contribution < 1.29 is 14.8 Å². The highest BCUT2D eigenvalue weighted by Crippen LogP contribution is 2.40. The summed E-state index contributed by atoms with van der Waals surface area (Å²) in [5, 5.41) is 24.0. The number of hydrogen-bond donors (Lipinski definition) is 3. The number of nitrogens with zero attached hydrogens (tertiary/aromatic N) is 1. The molecule has 0 radical (unpaired) electrons. The Kier molecular flexibility index (Phi) is 4.41. The van der Waals surface area contributed by atoms with Crippen LogP contribution in [0.5, 0.6) is 11.5 Å². The van der Waals surface area contributed by atoms with Crippen LogP contribution < -0.4 is 15.8 Å². The molecule has 2 rings (SSSR count). The fourth-order valence-electron chi connectivity index (χ4n) is 2.58. The molecule has 1 aromatic carbocycles. The number of piperidine rings is 1. The number of benzene rings is 1. The summed E-state index contributed by atoms with van der Waals surface area (Å²) >= 11 is 0. The minimum Gasteiger partial charge on any atom is -0.500 e. The number of nitrogens with two attached hydrogens (primary N) is 1. The maximum atomic E-state index is 11.0. The van der Waals surface area contributed by atoms with Crippen LogP contribution in [0.25, 0.3) is 0 Å². The van der Waals surface area contributed by atoms with Crippen molar-refractivity contribution in [3.8, 4) is 11.5 Å². The van der Waals surface area contributed by atoms with Gasteiger partial charge in [0.2, 0.25) is 5.75 Å². The fraction of sp³-hybridized carbons (Fsp3) is 0.538. The number of ether oxygens (including phenoxy) is 1. The predicted molar refractivity (Wildman–Crippen MR) is 73.8 cm³/mol. The Morgan fingerprint density at radius 3 is 2.70 bits per heavy atom. The fourth-order valence-corrected chi connectivity index (χ4v) is 2.58. The van der Waals surface area contributed by atoms with Crippen LogP contribution in [0.1, 0.15) is 24.4 Å². The number of aromatic hydroxyl groups is 1. The molecule has 1 atom stereocenters. The molecule has 1 aromatic rings. The molecule has 0 amide bonds. The van der Waals surface area contributed by atoms with Crippen molar-refractivity contribution in [3.63, 3.8) is 0 Å². The summed E-state index contributed by atoms with van der Waals surface area (Å²) in [5.41, 5.74) is 6.48. The monoisotopic (exact) mass is 281 g/mol. The van der Waals surface area contributed by atoms with E-state index in [4.69, 9.17) is 10.5 Å². The SMILES string of the molecule is COc1cc(C(N)C2CCNCC2)cc([N+](=O)[O-])c1O. The zero-order valence-corrected chi connectivity index (χ0v) is 11.3. The van der Waals surface area contributed by atoms with E-state index in [0.717, 1.165) is 25.9 Å². The van der Waals surface area contributed by atoms with Gasteiger partial charge in [-0.1, -0.05) is 0 Å². The van der Waals surface area contributed by atoms with Crippen LogP contribution in [0.3, 0.4) is 0 Å². The van der Waals surface area contributed by atoms with Gasteiger partial charge in [-0.3, -0.25) is 10.1 Å². The summed E-state index contributed by atoms with van der Waals surface area (Å²) in [6.07, 6.45) is 1.86. The Bertz CT molecular complexity index is 501. The number of rotatable bonds is 4. The lowest BCUT2D eigenvalue weighted by molar-refractivity contribution is -0.386. The third-order valence-electron chi connectivity index (χ3n) is 3.77. The summed E-state index contributed by atoms with van der Waals surface area (Å²) < 4.78 is 4.99. The molecule has 0 saturated carbocycles. The molecule has 1 saturated heterocycles. The van der Waals surface area contributed by atoms with Gasteiger partial charge in [-0.25, -0.2) is 0 Å². The second-order valence-electron chi connectivity index (χ2n) is 4.96. The Hall–Kier alpha value is -1.86. The largest absolute Gasteiger partial charge is 0.500 e. The number of hydrogen-bond acceptors (Lipinski definition) is 6. The van der Waals surface area contributed by atoms with Gasteiger partial charge < -0.3 is 20.9 Å². The van der Waals surface area contributed by atoms with Crippen molar-refractivity contribution in [2.75, 3.05) is 20.2 Å². The lowest BCUT2D eigenvalue weighted by Crippen LogP contribution is -2.33. The molecule has 110 valence electrons. The number of nitrogens with one attached hydrogen (secondary N) is 1. The molecule has 1 unspecified atom stereocenters. The Balaban J connectivity index is 2.35. The second-order valence-corrected chi connectivity index (χ2v) is 4.96. The van der Waals surface area contributed by atoms with Crippen molar-refractivity contribution in [1.82, 2.24) is 5.32 Å². The Labute approximate surface area is 116 Å². The molecule has 7 nitrogen and oxygen atoms in total. The lowest BCUT2D eigenvalue weighted by Gasteiger charge is -2.28. The average Bonchev–Trinajstić information content (AvgIpc) is 2.47. The molecular formula is C13H19N3O4. The van der Waals surface area contributed by atoms with Crippen LogP contribution in [-0.4, -0.2) is 30.2 Å². The second kappa shape index (κ2) is 6.06. The van der Waals surface area contributed by atoms with E-state index in [1.54, 1.807) is 6.07 Å². The highest BCUT2D eigenvalue weighted by molar-refractivity contribution is 5.57. The number of phenolic OH excluding ortho intramolecular Hbond substituents is 1. The summed E-state index contributed by atoms with van der Waals surface area (Å²) in [7, 11) is 1.36. The number of methoxy groups -OCH3 is 1. The highest BCUT2D eigenvalue weighted by atomic mass is 16.6. The van der Waals surface area contributed by atoms with E-state index >= 15 is 0 Å². The van der Waals surface area contributed by atoms with Gasteiger partial charge in [0.25, 0.3) is 0 Å². The van der Waals surface area contributed by atoms with Crippen LogP contribution in [-0.2, 0) is 0 Å². The number of phenols is 1. The van der Waals surface area contributed by atoms with E-state index in [9.17, 15) is 15.2 Å². The van der Waals surface area contributed by atoms with E-state index < -0.39 is 10.7 Å². The first kappa shape index (κ1) is 14.5. The molecule has 0 bridgehead atoms. The van der Waals surface area contributed by atoms with Crippen LogP contribution in [0.2, 0.25) is 0 Å². The van der Waals surface area contributed by atoms with E-state index in [2.05, 4.69) is 5.32 Å². The van der Waals surface area contributed by atoms with Gasteiger partial charge in [0.1, 0.15) is 0 Å². The molecule has 4 N–H and O–H groups in total. The van der Waals surface area contributed by atoms with Crippen LogP contribution >= 0.6 is 0 Å². The summed E-state index contributed by atoms with van der Waals surface area (Å²) in [6.45, 7) is 1.80. The summed E-state index contributed by atoms with van der Waals surface area (Å²) in [4.78, 5) is 10.4. The van der Waals surface area contributed by atoms with E-state index in [0.29, 0.717) is 5.56 Å². The standard InChI is InChI=1S/C13H19N3O4/c1-20-11-7-9(6-10(13(11)17)16(18)19)12(14)8-2-4-15-5-3-8/h6-8,12,15,17H,2-5,14H2,1H3. The van der Waals surface area contributed by atoms with Crippen LogP contribution in [0.4, 0.5) is 5.69 Å². The minimum atomic E-state index is -0.628. The summed E-state index contributed by atoms with van der Waals surface area (Å²) in [5.74, 6) is -0.109. The van der Waals surface area contributed by atoms with E-state index in [1.165, 1.54) is 13.2 Å². The maximum Gasteiger partial charge on any atom is 0.314 e. The maximum absolute atomic E-state index is 11.0. The smallest absolute Gasteiger partial charge is 0.314 e. The quantitative estimate of drug-likeness (QED) is 0.567. The van der Waals surface area contributed by atoms with Gasteiger partial charge >= 0.3 is 5.69 Å². The normalized spacial score (nSPS) is 17.7. The van der Waals surface area contributed by atoms with Crippen molar-refractivity contribution in [1.29, 1.82) is 0 Å². The van der Waals surface area contributed by atoms with Gasteiger partial charge in [-0.2, -0.15) is 0 Å². The molecule has 1 heterocycles. The third kappa shape index (κ3) is 2.83. The van der Waals surface area contributed by atoms with Crippen molar-refractivity contribution in [2.24, 2.45) is 11.7 Å². The lowest BCUT2D eigenvalue weighted by atomic mass is 9.86. The molecule has 0 spiro atoms. The van der Waals surface area contributed by atoms with Crippen LogP contribution in [0.15, 0.2) is 12.1 Å². The van der Waals surface area contributed by atoms with Gasteiger partial charge in [-0.05, 0) is 43.5 Å². The molecule has 1 fully saturated rings. The van der Waals surface area contributed by atoms with Crippen molar-refractivity contribution in [2.45, 2.75) is 18.9 Å². The first-order valence-electron chi connectivity index (χ1n) is 6.56. The third-order valence-corrected chi connectivity index (χ3v) is 3.77. The van der Waals surface area contributed by atoms with Gasteiger partial charge in [-0.15, -0.1) is 0 Å². The number of nitro benzene ring substituents is 1. The van der Waals surface area contributed by atoms with E-state index in [-0.39, 0.29) is 23.4 Å². The molecule has 7 heteroatoms. The van der Waals surface area contributed by atoms with Gasteiger partial charge in [0.05, 0.1) is 12.0 Å². The topological polar surface area (TPSA) is 111 Å². The Morgan fingerprint density at radius 1 is 1.50 bits per heavy atom.